The molecule has 0 atom stereocenters. The number of para-hydroxylation sites is 4. The number of nitrogens with zero attached hydrogens (tertiary/aromatic N) is 2. The van der Waals surface area contributed by atoms with Crippen molar-refractivity contribution in [2.24, 2.45) is 0 Å². The molecule has 0 bridgehead atoms. The van der Waals surface area contributed by atoms with Crippen LogP contribution in [0.2, 0.25) is 0 Å². The van der Waals surface area contributed by atoms with E-state index in [9.17, 15) is 0 Å². The number of hydrogen-bond donors (Lipinski definition) is 0. The predicted molar refractivity (Wildman–Crippen MR) is 202 cm³/mol. The maximum atomic E-state index is 15.8. The van der Waals surface area contributed by atoms with Gasteiger partial charge in [0.25, 0.3) is 13.4 Å². The second-order valence-electron chi connectivity index (χ2n) is 14.2. The zero-order chi connectivity index (χ0) is 34.2. The van der Waals surface area contributed by atoms with Crippen molar-refractivity contribution in [3.05, 3.63) is 133 Å². The molecule has 9 heteroatoms. The molecule has 7 aromatic carbocycles. The monoisotopic (exact) mass is 676 g/mol. The highest BCUT2D eigenvalue weighted by molar-refractivity contribution is 7.02. The molecule has 242 valence electrons. The van der Waals surface area contributed by atoms with Crippen molar-refractivity contribution in [2.45, 2.75) is 6.18 Å². The first-order chi connectivity index (χ1) is 25.5. The van der Waals surface area contributed by atoms with Crippen LogP contribution >= 0.6 is 0 Å². The van der Waals surface area contributed by atoms with Gasteiger partial charge in [0.2, 0.25) is 0 Å². The fourth-order valence-corrected chi connectivity index (χ4v) is 10.0. The van der Waals surface area contributed by atoms with Crippen LogP contribution in [0.15, 0.2) is 127 Å². The van der Waals surface area contributed by atoms with E-state index in [0.717, 1.165) is 76.8 Å². The number of benzene rings is 7. The Morgan fingerprint density at radius 1 is 0.462 bits per heavy atom. The molecule has 0 N–H and O–H groups in total. The van der Waals surface area contributed by atoms with Gasteiger partial charge in [0.1, 0.15) is 28.6 Å². The summed E-state index contributed by atoms with van der Waals surface area (Å²) in [5.74, 6) is 0.466. The minimum Gasteiger partial charge on any atom is -0.458 e. The molecule has 9 aromatic rings. The molecule has 6 heterocycles. The normalized spacial score (nSPS) is 14.3. The molecule has 0 amide bonds. The summed E-state index contributed by atoms with van der Waals surface area (Å²) < 4.78 is 64.9. The molecule has 0 radical (unpaired) electrons. The van der Waals surface area contributed by atoms with Crippen molar-refractivity contribution in [3.63, 3.8) is 0 Å². The number of ether oxygens (including phenoxy) is 2. The zero-order valence-electron chi connectivity index (χ0n) is 27.1. The number of fused-ring (bicyclic) bond motifs is 14. The first-order valence-electron chi connectivity index (χ1n) is 17.4. The Morgan fingerprint density at radius 3 is 1.38 bits per heavy atom. The van der Waals surface area contributed by atoms with E-state index in [0.29, 0.717) is 22.4 Å². The lowest BCUT2D eigenvalue weighted by Crippen LogP contribution is -2.63. The fraction of sp³-hybridized carbons (Fsp3) is 0.0233. The average molecular weight is 676 g/mol. The molecule has 0 fully saturated rings. The van der Waals surface area contributed by atoms with Gasteiger partial charge < -0.3 is 18.6 Å². The van der Waals surface area contributed by atoms with Crippen molar-refractivity contribution in [3.8, 4) is 34.4 Å². The molecule has 13 rings (SSSR count). The number of alkyl halides is 3. The van der Waals surface area contributed by atoms with Crippen LogP contribution in [0.3, 0.4) is 0 Å². The summed E-state index contributed by atoms with van der Waals surface area (Å²) in [4.78, 5) is 0. The standard InChI is InChI=1S/C43H21B2F3N2O2/c46-43(47,48)36-41-28(44-26-13-5-11-24-22-9-1-3-15-30(22)49(39(24)26)32-17-7-19-34(51-41)37(32)44)21-29-42(36)52-35-20-8-18-33-38(35)45(29)27-14-6-12-25-23-10-2-4-16-31(23)50(33)40(25)27/h1-21H. The fourth-order valence-electron chi connectivity index (χ4n) is 10.0. The largest absolute Gasteiger partial charge is 0.458 e. The highest BCUT2D eigenvalue weighted by Gasteiger charge is 2.51. The van der Waals surface area contributed by atoms with Gasteiger partial charge in [-0.2, -0.15) is 13.2 Å². The van der Waals surface area contributed by atoms with Crippen LogP contribution in [0.25, 0.3) is 55.0 Å². The van der Waals surface area contributed by atoms with Gasteiger partial charge in [0.15, 0.2) is 0 Å². The third-order valence-electron chi connectivity index (χ3n) is 11.8. The van der Waals surface area contributed by atoms with Crippen LogP contribution in [-0.4, -0.2) is 22.6 Å². The molecule has 0 unspecified atom stereocenters. The van der Waals surface area contributed by atoms with Gasteiger partial charge in [-0.25, -0.2) is 0 Å². The van der Waals surface area contributed by atoms with Gasteiger partial charge in [-0.3, -0.25) is 0 Å². The van der Waals surface area contributed by atoms with Crippen molar-refractivity contribution >= 4 is 89.8 Å². The van der Waals surface area contributed by atoms with Crippen molar-refractivity contribution in [2.75, 3.05) is 0 Å². The van der Waals surface area contributed by atoms with Crippen LogP contribution in [0, 0.1) is 0 Å². The van der Waals surface area contributed by atoms with Gasteiger partial charge in [-0.15, -0.1) is 0 Å². The maximum absolute atomic E-state index is 15.8. The number of hydrogen-bond acceptors (Lipinski definition) is 2. The maximum Gasteiger partial charge on any atom is 0.423 e. The van der Waals surface area contributed by atoms with Crippen LogP contribution in [0.4, 0.5) is 13.2 Å². The van der Waals surface area contributed by atoms with Crippen molar-refractivity contribution in [1.29, 1.82) is 0 Å². The molecule has 4 aliphatic heterocycles. The third kappa shape index (κ3) is 3.04. The van der Waals surface area contributed by atoms with E-state index in [2.05, 4.69) is 69.8 Å². The minimum absolute atomic E-state index is 0.190. The molecular formula is C43H21B2F3N2O2. The predicted octanol–water partition coefficient (Wildman–Crippen LogP) is 6.77. The summed E-state index contributed by atoms with van der Waals surface area (Å²) in [5, 5.41) is 4.34. The first-order valence-corrected chi connectivity index (χ1v) is 17.4. The van der Waals surface area contributed by atoms with E-state index in [1.165, 1.54) is 0 Å². The Kier molecular flexibility index (Phi) is 4.70. The van der Waals surface area contributed by atoms with E-state index in [1.807, 2.05) is 54.6 Å². The SMILES string of the molecule is FC(F)(F)c1c2c(cc3c1Oc1cccc4c1B3c1cccc3c5ccccc5n-4c13)B1c3c(cccc3-n3c4ccccc4c4cccc1c43)O2. The molecule has 0 spiro atoms. The highest BCUT2D eigenvalue weighted by atomic mass is 19.4. The van der Waals surface area contributed by atoms with Crippen LogP contribution in [0.1, 0.15) is 5.56 Å². The summed E-state index contributed by atoms with van der Waals surface area (Å²) in [5.41, 5.74) is 9.71. The van der Waals surface area contributed by atoms with Crippen LogP contribution in [0.5, 0.6) is 23.0 Å². The Bertz CT molecular complexity index is 2960. The Balaban J connectivity index is 1.17. The number of rotatable bonds is 0. The summed E-state index contributed by atoms with van der Waals surface area (Å²) in [7, 11) is 0. The van der Waals surface area contributed by atoms with Crippen molar-refractivity contribution < 1.29 is 22.6 Å². The van der Waals surface area contributed by atoms with Crippen molar-refractivity contribution in [1.82, 2.24) is 9.13 Å². The molecule has 4 nitrogen and oxygen atoms in total. The lowest BCUT2D eigenvalue weighted by atomic mass is 9.31. The lowest BCUT2D eigenvalue weighted by molar-refractivity contribution is -0.139. The Hall–Kier alpha value is -6.34. The van der Waals surface area contributed by atoms with Gasteiger partial charge in [-0.05, 0) is 69.2 Å². The van der Waals surface area contributed by atoms with Gasteiger partial charge in [0.05, 0.1) is 11.0 Å². The smallest absolute Gasteiger partial charge is 0.423 e. The average Bonchev–Trinajstić information content (AvgIpc) is 3.68. The number of aromatic nitrogens is 2. The van der Waals surface area contributed by atoms with Crippen LogP contribution in [-0.2, 0) is 6.18 Å². The number of halogens is 3. The Morgan fingerprint density at radius 2 is 0.904 bits per heavy atom. The summed E-state index contributed by atoms with van der Waals surface area (Å²) >= 11 is 0. The van der Waals surface area contributed by atoms with Crippen LogP contribution < -0.4 is 42.3 Å². The topological polar surface area (TPSA) is 28.3 Å². The van der Waals surface area contributed by atoms with Gasteiger partial charge >= 0.3 is 6.18 Å². The second kappa shape index (κ2) is 8.93. The molecule has 0 saturated heterocycles. The van der Waals surface area contributed by atoms with Gasteiger partial charge in [-0.1, -0.05) is 91.0 Å². The Labute approximate surface area is 294 Å². The summed E-state index contributed by atoms with van der Waals surface area (Å²) in [6.45, 7) is -0.992. The van der Waals surface area contributed by atoms with E-state index < -0.39 is 25.2 Å². The quantitative estimate of drug-likeness (QED) is 0.166. The lowest BCUT2D eigenvalue weighted by Gasteiger charge is -2.38. The molecule has 2 aromatic heterocycles. The van der Waals surface area contributed by atoms with E-state index >= 15 is 13.2 Å². The molecular weight excluding hydrogens is 655 g/mol. The summed E-state index contributed by atoms with van der Waals surface area (Å²) in [6, 6.07) is 42.3. The van der Waals surface area contributed by atoms with E-state index in [4.69, 9.17) is 9.47 Å². The van der Waals surface area contributed by atoms with Gasteiger partial charge in [0, 0.05) is 44.0 Å². The van der Waals surface area contributed by atoms with E-state index in [1.54, 1.807) is 12.1 Å². The summed E-state index contributed by atoms with van der Waals surface area (Å²) in [6.07, 6.45) is -4.77. The van der Waals surface area contributed by atoms with E-state index in [-0.39, 0.29) is 11.5 Å². The minimum atomic E-state index is -4.77. The zero-order valence-corrected chi connectivity index (χ0v) is 27.1. The molecule has 52 heavy (non-hydrogen) atoms. The molecule has 0 aliphatic carbocycles. The molecule has 4 aliphatic rings. The molecule has 0 saturated carbocycles. The second-order valence-corrected chi connectivity index (χ2v) is 14.2. The third-order valence-corrected chi connectivity index (χ3v) is 11.8. The highest BCUT2D eigenvalue weighted by Crippen LogP contribution is 2.48. The first kappa shape index (κ1) is 27.4.